The number of terminal acetylenes is 1. The maximum absolute atomic E-state index is 9.70. The number of aromatic hydroxyl groups is 1. The number of hydrogen-bond donors (Lipinski definition) is 1. The molecule has 0 aliphatic heterocycles. The zero-order chi connectivity index (χ0) is 13.2. The Morgan fingerprint density at radius 1 is 1.00 bits per heavy atom. The van der Waals surface area contributed by atoms with Crippen molar-refractivity contribution in [1.29, 1.82) is 0 Å². The molecule has 0 spiro atoms. The summed E-state index contributed by atoms with van der Waals surface area (Å²) in [6.07, 6.45) is 8.76. The summed E-state index contributed by atoms with van der Waals surface area (Å²) in [6, 6.07) is 11.2. The zero-order valence-electron chi connectivity index (χ0n) is 10.5. The Morgan fingerprint density at radius 3 is 2.53 bits per heavy atom. The van der Waals surface area contributed by atoms with Crippen molar-refractivity contribution in [3.63, 3.8) is 0 Å². The smallest absolute Gasteiger partial charge is 0.134 e. The van der Waals surface area contributed by atoms with Crippen LogP contribution in [0.1, 0.15) is 23.1 Å². The third kappa shape index (κ3) is 2.28. The molecular weight excluding hydrogens is 236 g/mol. The van der Waals surface area contributed by atoms with E-state index in [0.29, 0.717) is 11.3 Å². The topological polar surface area (TPSA) is 29.5 Å². The molecule has 2 aromatic carbocycles. The molecule has 2 aromatic rings. The molecule has 0 heterocycles. The Hall–Kier alpha value is -2.40. The van der Waals surface area contributed by atoms with Crippen LogP contribution in [0.4, 0.5) is 0 Å². The number of fused-ring (bicyclic) bond motifs is 1. The van der Waals surface area contributed by atoms with E-state index in [4.69, 9.17) is 11.2 Å². The van der Waals surface area contributed by atoms with Gasteiger partial charge < -0.3 is 9.84 Å². The van der Waals surface area contributed by atoms with Gasteiger partial charge in [0, 0.05) is 6.07 Å². The number of hydrogen-bond acceptors (Lipinski definition) is 2. The van der Waals surface area contributed by atoms with Gasteiger partial charge in [-0.25, -0.2) is 0 Å². The first-order valence-electron chi connectivity index (χ1n) is 6.35. The van der Waals surface area contributed by atoms with Crippen molar-refractivity contribution in [2.45, 2.75) is 19.3 Å². The highest BCUT2D eigenvalue weighted by molar-refractivity contribution is 5.49. The summed E-state index contributed by atoms with van der Waals surface area (Å²) in [5.41, 5.74) is 3.25. The number of ether oxygens (including phenoxy) is 1. The minimum absolute atomic E-state index is 0.0705. The lowest BCUT2D eigenvalue weighted by atomic mass is 10.1. The van der Waals surface area contributed by atoms with Crippen LogP contribution in [0.15, 0.2) is 36.4 Å². The summed E-state index contributed by atoms with van der Waals surface area (Å²) < 4.78 is 5.76. The van der Waals surface area contributed by atoms with Gasteiger partial charge in [-0.1, -0.05) is 12.0 Å². The summed E-state index contributed by atoms with van der Waals surface area (Å²) >= 11 is 0. The van der Waals surface area contributed by atoms with E-state index in [1.54, 1.807) is 18.2 Å². The van der Waals surface area contributed by atoms with Crippen LogP contribution in [-0.2, 0) is 12.8 Å². The third-order valence-corrected chi connectivity index (χ3v) is 3.43. The van der Waals surface area contributed by atoms with Crippen molar-refractivity contribution < 1.29 is 9.84 Å². The van der Waals surface area contributed by atoms with E-state index in [1.165, 1.54) is 17.5 Å². The van der Waals surface area contributed by atoms with Crippen LogP contribution < -0.4 is 4.74 Å². The highest BCUT2D eigenvalue weighted by Gasteiger charge is 2.11. The van der Waals surface area contributed by atoms with Gasteiger partial charge in [0.15, 0.2) is 0 Å². The standard InChI is InChI=1S/C17H14O2/c1-2-12-6-8-16(11-17(12)18)19-15-9-7-13-4-3-5-14(13)10-15/h1,6-11,18H,3-5H2. The quantitative estimate of drug-likeness (QED) is 0.824. The SMILES string of the molecule is C#Cc1ccc(Oc2ccc3c(c2)CCC3)cc1O. The Kier molecular flexibility index (Phi) is 2.89. The van der Waals surface area contributed by atoms with Crippen LogP contribution in [0, 0.1) is 12.3 Å². The second-order valence-electron chi connectivity index (χ2n) is 4.71. The summed E-state index contributed by atoms with van der Waals surface area (Å²) in [6.45, 7) is 0. The predicted molar refractivity (Wildman–Crippen MR) is 74.6 cm³/mol. The summed E-state index contributed by atoms with van der Waals surface area (Å²) in [5.74, 6) is 3.88. The van der Waals surface area contributed by atoms with E-state index in [1.807, 2.05) is 6.07 Å². The van der Waals surface area contributed by atoms with Crippen LogP contribution in [0.2, 0.25) is 0 Å². The van der Waals surface area contributed by atoms with Crippen molar-refractivity contribution in [3.05, 3.63) is 53.1 Å². The second kappa shape index (κ2) is 4.70. The fraction of sp³-hybridized carbons (Fsp3) is 0.176. The van der Waals surface area contributed by atoms with Crippen LogP contribution in [-0.4, -0.2) is 5.11 Å². The highest BCUT2D eigenvalue weighted by Crippen LogP contribution is 2.30. The van der Waals surface area contributed by atoms with E-state index in [2.05, 4.69) is 18.1 Å². The summed E-state index contributed by atoms with van der Waals surface area (Å²) in [4.78, 5) is 0. The minimum atomic E-state index is 0.0705. The maximum Gasteiger partial charge on any atom is 0.134 e. The average Bonchev–Trinajstić information content (AvgIpc) is 2.86. The first-order valence-corrected chi connectivity index (χ1v) is 6.35. The van der Waals surface area contributed by atoms with Crippen molar-refractivity contribution in [1.82, 2.24) is 0 Å². The molecule has 3 rings (SSSR count). The zero-order valence-corrected chi connectivity index (χ0v) is 10.5. The number of phenolic OH excluding ortho intramolecular Hbond substituents is 1. The molecule has 2 heteroatoms. The molecule has 0 bridgehead atoms. The van der Waals surface area contributed by atoms with Crippen LogP contribution in [0.3, 0.4) is 0 Å². The van der Waals surface area contributed by atoms with E-state index in [0.717, 1.165) is 18.6 Å². The molecule has 94 valence electrons. The predicted octanol–water partition coefficient (Wildman–Crippen LogP) is 3.65. The first kappa shape index (κ1) is 11.7. The largest absolute Gasteiger partial charge is 0.507 e. The molecule has 0 radical (unpaired) electrons. The molecule has 0 saturated carbocycles. The molecule has 0 fully saturated rings. The van der Waals surface area contributed by atoms with Gasteiger partial charge >= 0.3 is 0 Å². The lowest BCUT2D eigenvalue weighted by Crippen LogP contribution is -1.88. The van der Waals surface area contributed by atoms with E-state index >= 15 is 0 Å². The van der Waals surface area contributed by atoms with Gasteiger partial charge in [0.25, 0.3) is 0 Å². The van der Waals surface area contributed by atoms with Gasteiger partial charge in [0.1, 0.15) is 17.2 Å². The number of aryl methyl sites for hydroxylation is 2. The molecular formula is C17H14O2. The Bertz CT molecular complexity index is 656. The molecule has 19 heavy (non-hydrogen) atoms. The molecule has 0 aromatic heterocycles. The van der Waals surface area contributed by atoms with Crippen LogP contribution in [0.25, 0.3) is 0 Å². The average molecular weight is 250 g/mol. The Labute approximate surface area is 112 Å². The monoisotopic (exact) mass is 250 g/mol. The summed E-state index contributed by atoms with van der Waals surface area (Å²) in [5, 5.41) is 9.70. The van der Waals surface area contributed by atoms with Crippen molar-refractivity contribution in [2.24, 2.45) is 0 Å². The number of benzene rings is 2. The molecule has 1 N–H and O–H groups in total. The Morgan fingerprint density at radius 2 is 1.74 bits per heavy atom. The highest BCUT2D eigenvalue weighted by atomic mass is 16.5. The fourth-order valence-electron chi connectivity index (χ4n) is 2.44. The normalized spacial score (nSPS) is 12.8. The number of rotatable bonds is 2. The number of phenols is 1. The van der Waals surface area contributed by atoms with Gasteiger partial charge in [0.05, 0.1) is 5.56 Å². The Balaban J connectivity index is 1.85. The molecule has 2 nitrogen and oxygen atoms in total. The van der Waals surface area contributed by atoms with Crippen LogP contribution >= 0.6 is 0 Å². The van der Waals surface area contributed by atoms with Crippen molar-refractivity contribution in [3.8, 4) is 29.6 Å². The summed E-state index contributed by atoms with van der Waals surface area (Å²) in [7, 11) is 0. The molecule has 0 amide bonds. The van der Waals surface area contributed by atoms with E-state index in [-0.39, 0.29) is 5.75 Å². The van der Waals surface area contributed by atoms with Gasteiger partial charge in [-0.3, -0.25) is 0 Å². The fourth-order valence-corrected chi connectivity index (χ4v) is 2.44. The third-order valence-electron chi connectivity index (χ3n) is 3.43. The van der Waals surface area contributed by atoms with Gasteiger partial charge in [-0.15, -0.1) is 6.42 Å². The molecule has 0 atom stereocenters. The van der Waals surface area contributed by atoms with Crippen LogP contribution in [0.5, 0.6) is 17.2 Å². The maximum atomic E-state index is 9.70. The van der Waals surface area contributed by atoms with Crippen molar-refractivity contribution >= 4 is 0 Å². The lowest BCUT2D eigenvalue weighted by Gasteiger charge is -2.08. The first-order chi connectivity index (χ1) is 9.26. The van der Waals surface area contributed by atoms with E-state index < -0.39 is 0 Å². The molecule has 1 aliphatic carbocycles. The molecule has 0 unspecified atom stereocenters. The minimum Gasteiger partial charge on any atom is -0.507 e. The molecule has 0 saturated heterocycles. The van der Waals surface area contributed by atoms with Gasteiger partial charge in [-0.05, 0) is 54.7 Å². The second-order valence-corrected chi connectivity index (χ2v) is 4.71. The van der Waals surface area contributed by atoms with Gasteiger partial charge in [0.2, 0.25) is 0 Å². The van der Waals surface area contributed by atoms with Crippen molar-refractivity contribution in [2.75, 3.05) is 0 Å². The van der Waals surface area contributed by atoms with Gasteiger partial charge in [-0.2, -0.15) is 0 Å². The molecule has 1 aliphatic rings. The van der Waals surface area contributed by atoms with E-state index in [9.17, 15) is 5.11 Å². The lowest BCUT2D eigenvalue weighted by molar-refractivity contribution is 0.454.